The Kier molecular flexibility index (Phi) is 24.8. The molecule has 0 amide bonds. The predicted molar refractivity (Wildman–Crippen MR) is 132 cm³/mol. The second-order valence-electron chi connectivity index (χ2n) is 9.18. The van der Waals surface area contributed by atoms with Gasteiger partial charge in [-0.25, -0.2) is 0 Å². The first kappa shape index (κ1) is 31.1. The lowest BCUT2D eigenvalue weighted by molar-refractivity contribution is -0.225. The van der Waals surface area contributed by atoms with Crippen LogP contribution in [0.4, 0.5) is 0 Å². The smallest absolute Gasteiger partial charge is 0.267 e. The van der Waals surface area contributed by atoms with Gasteiger partial charge in [-0.2, -0.15) is 0 Å². The SMILES string of the molecule is CCCCCCCCCCCCCCCCCCOP(=O)([O-])OCCCCCCCC. The maximum absolute atomic E-state index is 11.7. The Morgan fingerprint density at radius 3 is 0.935 bits per heavy atom. The quantitative estimate of drug-likeness (QED) is 0.0951. The summed E-state index contributed by atoms with van der Waals surface area (Å²) in [6.07, 6.45) is 27.6. The van der Waals surface area contributed by atoms with Gasteiger partial charge in [0.25, 0.3) is 7.82 Å². The third-order valence-corrected chi connectivity index (χ3v) is 6.99. The van der Waals surface area contributed by atoms with E-state index in [0.29, 0.717) is 0 Å². The van der Waals surface area contributed by atoms with Crippen LogP contribution in [0, 0.1) is 0 Å². The van der Waals surface area contributed by atoms with Crippen LogP contribution in [0.3, 0.4) is 0 Å². The van der Waals surface area contributed by atoms with Gasteiger partial charge in [0, 0.05) is 0 Å². The van der Waals surface area contributed by atoms with Crippen LogP contribution in [-0.4, -0.2) is 13.2 Å². The molecule has 0 fully saturated rings. The number of phosphoric acid groups is 1. The minimum atomic E-state index is -4.09. The van der Waals surface area contributed by atoms with Gasteiger partial charge in [-0.1, -0.05) is 142 Å². The van der Waals surface area contributed by atoms with Gasteiger partial charge < -0.3 is 13.9 Å². The van der Waals surface area contributed by atoms with Crippen molar-refractivity contribution in [2.45, 2.75) is 155 Å². The average Bonchev–Trinajstić information content (AvgIpc) is 2.75. The fourth-order valence-corrected chi connectivity index (χ4v) is 4.70. The van der Waals surface area contributed by atoms with Crippen molar-refractivity contribution < 1.29 is 18.5 Å². The van der Waals surface area contributed by atoms with Crippen molar-refractivity contribution in [1.29, 1.82) is 0 Å². The molecular weight excluding hydrogens is 407 g/mol. The molecule has 188 valence electrons. The molecule has 0 rings (SSSR count). The predicted octanol–water partition coefficient (Wildman–Crippen LogP) is 9.11. The molecule has 0 aromatic carbocycles. The van der Waals surface area contributed by atoms with E-state index in [1.807, 2.05) is 0 Å². The molecule has 1 atom stereocenters. The molecule has 0 N–H and O–H groups in total. The number of hydrogen-bond donors (Lipinski definition) is 0. The Balaban J connectivity index is 3.25. The van der Waals surface area contributed by atoms with Crippen molar-refractivity contribution in [2.75, 3.05) is 13.2 Å². The van der Waals surface area contributed by atoms with Gasteiger partial charge in [0.1, 0.15) is 0 Å². The Morgan fingerprint density at radius 2 is 0.677 bits per heavy atom. The van der Waals surface area contributed by atoms with Gasteiger partial charge in [-0.3, -0.25) is 4.57 Å². The van der Waals surface area contributed by atoms with E-state index in [4.69, 9.17) is 9.05 Å². The first-order valence-electron chi connectivity index (χ1n) is 13.7. The molecular formula is C26H54O4P-. The molecule has 0 heterocycles. The minimum absolute atomic E-state index is 0.256. The lowest BCUT2D eigenvalue weighted by Gasteiger charge is -2.22. The van der Waals surface area contributed by atoms with Crippen molar-refractivity contribution in [1.82, 2.24) is 0 Å². The number of unbranched alkanes of at least 4 members (excludes halogenated alkanes) is 20. The first-order valence-corrected chi connectivity index (χ1v) is 15.2. The van der Waals surface area contributed by atoms with Crippen molar-refractivity contribution in [2.24, 2.45) is 0 Å². The van der Waals surface area contributed by atoms with Crippen molar-refractivity contribution in [3.05, 3.63) is 0 Å². The number of phosphoric ester groups is 1. The molecule has 31 heavy (non-hydrogen) atoms. The fraction of sp³-hybridized carbons (Fsp3) is 1.00. The second kappa shape index (κ2) is 24.7. The Morgan fingerprint density at radius 1 is 0.452 bits per heavy atom. The number of rotatable bonds is 26. The van der Waals surface area contributed by atoms with Gasteiger partial charge >= 0.3 is 0 Å². The monoisotopic (exact) mass is 461 g/mol. The Labute approximate surface area is 194 Å². The topological polar surface area (TPSA) is 58.6 Å². The van der Waals surface area contributed by atoms with Crippen LogP contribution in [0.15, 0.2) is 0 Å². The molecule has 0 saturated carbocycles. The summed E-state index contributed by atoms with van der Waals surface area (Å²) in [5.41, 5.74) is 0. The maximum Gasteiger partial charge on any atom is 0.267 e. The molecule has 0 aliphatic rings. The van der Waals surface area contributed by atoms with Crippen LogP contribution >= 0.6 is 7.82 Å². The summed E-state index contributed by atoms with van der Waals surface area (Å²) in [6.45, 7) is 4.98. The zero-order valence-corrected chi connectivity index (χ0v) is 21.9. The average molecular weight is 462 g/mol. The lowest BCUT2D eigenvalue weighted by Crippen LogP contribution is -2.10. The van der Waals surface area contributed by atoms with Crippen molar-refractivity contribution >= 4 is 7.82 Å². The highest BCUT2D eigenvalue weighted by Crippen LogP contribution is 2.38. The van der Waals surface area contributed by atoms with E-state index in [9.17, 15) is 9.46 Å². The van der Waals surface area contributed by atoms with Gasteiger partial charge in [-0.05, 0) is 12.8 Å². The third-order valence-electron chi connectivity index (χ3n) is 5.99. The second-order valence-corrected chi connectivity index (χ2v) is 10.6. The van der Waals surface area contributed by atoms with Gasteiger partial charge in [0.2, 0.25) is 0 Å². The summed E-state index contributed by atoms with van der Waals surface area (Å²) < 4.78 is 21.6. The van der Waals surface area contributed by atoms with Crippen molar-refractivity contribution in [3.63, 3.8) is 0 Å². The molecule has 0 spiro atoms. The molecule has 4 nitrogen and oxygen atoms in total. The summed E-state index contributed by atoms with van der Waals surface area (Å²) in [4.78, 5) is 11.7. The molecule has 0 aromatic rings. The molecule has 0 aliphatic carbocycles. The molecule has 0 aliphatic heterocycles. The van der Waals surface area contributed by atoms with Crippen LogP contribution in [-0.2, 0) is 13.6 Å². The van der Waals surface area contributed by atoms with Crippen LogP contribution in [0.25, 0.3) is 0 Å². The highest BCUT2D eigenvalue weighted by molar-refractivity contribution is 7.45. The molecule has 0 saturated heterocycles. The minimum Gasteiger partial charge on any atom is -0.756 e. The Hall–Kier alpha value is 0.110. The normalized spacial score (nSPS) is 13.5. The molecule has 0 radical (unpaired) electrons. The van der Waals surface area contributed by atoms with Gasteiger partial charge in [0.05, 0.1) is 13.2 Å². The van der Waals surface area contributed by atoms with Crippen LogP contribution < -0.4 is 4.89 Å². The highest BCUT2D eigenvalue weighted by Gasteiger charge is 2.08. The molecule has 0 aromatic heterocycles. The van der Waals surface area contributed by atoms with Gasteiger partial charge in [0.15, 0.2) is 0 Å². The van der Waals surface area contributed by atoms with E-state index < -0.39 is 7.82 Å². The summed E-state index contributed by atoms with van der Waals surface area (Å²) in [5.74, 6) is 0. The molecule has 1 unspecified atom stereocenters. The van der Waals surface area contributed by atoms with E-state index in [2.05, 4.69) is 13.8 Å². The Bertz CT molecular complexity index is 390. The fourth-order valence-electron chi connectivity index (χ4n) is 3.92. The zero-order chi connectivity index (χ0) is 22.9. The van der Waals surface area contributed by atoms with Crippen molar-refractivity contribution in [3.8, 4) is 0 Å². The van der Waals surface area contributed by atoms with E-state index in [1.54, 1.807) is 0 Å². The van der Waals surface area contributed by atoms with Gasteiger partial charge in [-0.15, -0.1) is 0 Å². The molecule has 0 bridgehead atoms. The van der Waals surface area contributed by atoms with E-state index in [0.717, 1.165) is 32.1 Å². The zero-order valence-electron chi connectivity index (χ0n) is 21.1. The van der Waals surface area contributed by atoms with Crippen LogP contribution in [0.2, 0.25) is 0 Å². The summed E-state index contributed by atoms with van der Waals surface area (Å²) in [7, 11) is -4.09. The largest absolute Gasteiger partial charge is 0.756 e. The highest BCUT2D eigenvalue weighted by atomic mass is 31.2. The third kappa shape index (κ3) is 26.2. The van der Waals surface area contributed by atoms with Crippen LogP contribution in [0.5, 0.6) is 0 Å². The standard InChI is InChI=1S/C26H55O4P/c1-3-5-7-9-11-12-13-14-15-16-17-18-19-20-22-24-26-30-31(27,28)29-25-23-21-10-8-6-4-2/h3-26H2,1-2H3,(H,27,28)/p-1. The van der Waals surface area contributed by atoms with E-state index >= 15 is 0 Å². The lowest BCUT2D eigenvalue weighted by atomic mass is 10.0. The summed E-state index contributed by atoms with van der Waals surface area (Å²) in [5, 5.41) is 0. The van der Waals surface area contributed by atoms with E-state index in [-0.39, 0.29) is 13.2 Å². The summed E-state index contributed by atoms with van der Waals surface area (Å²) in [6, 6.07) is 0. The summed E-state index contributed by atoms with van der Waals surface area (Å²) >= 11 is 0. The van der Waals surface area contributed by atoms with E-state index in [1.165, 1.54) is 109 Å². The number of hydrogen-bond acceptors (Lipinski definition) is 4. The van der Waals surface area contributed by atoms with Crippen LogP contribution in [0.1, 0.15) is 155 Å². The molecule has 5 heteroatoms. The maximum atomic E-state index is 11.7. The first-order chi connectivity index (χ1) is 15.1.